The number of alkyl halides is 6. The maximum absolute atomic E-state index is 11.7. The van der Waals surface area contributed by atoms with Crippen LogP contribution in [0.15, 0.2) is 0 Å². The standard InChI is InChI=1S/C4F9NO/c5-1(15)2(14(12)13,3(6,7)8)4(9,10)11. The highest BCUT2D eigenvalue weighted by molar-refractivity contribution is 5.81. The van der Waals surface area contributed by atoms with E-state index in [1.807, 2.05) is 0 Å². The van der Waals surface area contributed by atoms with E-state index >= 15 is 0 Å². The van der Waals surface area contributed by atoms with Crippen LogP contribution in [0.4, 0.5) is 39.7 Å². The van der Waals surface area contributed by atoms with Gasteiger partial charge in [-0.2, -0.15) is 30.7 Å². The van der Waals surface area contributed by atoms with Crippen molar-refractivity contribution in [3.63, 3.8) is 0 Å². The largest absolute Gasteiger partial charge is 0.431 e. The first kappa shape index (κ1) is 14.0. The Balaban J connectivity index is 5.85. The van der Waals surface area contributed by atoms with Crippen molar-refractivity contribution in [1.29, 1.82) is 0 Å². The lowest BCUT2D eigenvalue weighted by Crippen LogP contribution is -2.67. The molecule has 11 heteroatoms. The number of carbonyl (C=O) groups is 1. The molecule has 0 aromatic carbocycles. The van der Waals surface area contributed by atoms with Crippen molar-refractivity contribution < 1.29 is 44.5 Å². The van der Waals surface area contributed by atoms with Crippen molar-refractivity contribution in [3.8, 4) is 0 Å². The van der Waals surface area contributed by atoms with Crippen molar-refractivity contribution >= 4 is 6.04 Å². The van der Waals surface area contributed by atoms with Crippen LogP contribution in [-0.2, 0) is 4.79 Å². The summed E-state index contributed by atoms with van der Waals surface area (Å²) < 4.78 is 105. The Kier molecular flexibility index (Phi) is 3.30. The predicted molar refractivity (Wildman–Crippen MR) is 25.0 cm³/mol. The summed E-state index contributed by atoms with van der Waals surface area (Å²) in [6.45, 7) is 0. The smallest absolute Gasteiger partial charge is 0.258 e. The Morgan fingerprint density at radius 2 is 1.13 bits per heavy atom. The zero-order valence-electron chi connectivity index (χ0n) is 6.26. The first-order valence-corrected chi connectivity index (χ1v) is 2.84. The van der Waals surface area contributed by atoms with Crippen LogP contribution in [0.3, 0.4) is 0 Å². The number of carbonyl (C=O) groups excluding carboxylic acids is 1. The van der Waals surface area contributed by atoms with E-state index in [9.17, 15) is 44.5 Å². The fraction of sp³-hybridized carbons (Fsp3) is 0.750. The Hall–Kier alpha value is -1.00. The molecule has 0 aliphatic heterocycles. The molecule has 0 radical (unpaired) electrons. The summed E-state index contributed by atoms with van der Waals surface area (Å²) >= 11 is 0. The van der Waals surface area contributed by atoms with Crippen LogP contribution < -0.4 is 0 Å². The number of halogens is 9. The predicted octanol–water partition coefficient (Wildman–Crippen LogP) is 2.42. The van der Waals surface area contributed by atoms with Gasteiger partial charge in [0, 0.05) is 0 Å². The molecule has 0 unspecified atom stereocenters. The average Bonchev–Trinajstić information content (AvgIpc) is 1.75. The molecule has 0 N–H and O–H groups in total. The second-order valence-corrected chi connectivity index (χ2v) is 2.21. The lowest BCUT2D eigenvalue weighted by Gasteiger charge is -2.31. The quantitative estimate of drug-likeness (QED) is 0.425. The van der Waals surface area contributed by atoms with E-state index in [1.165, 1.54) is 0 Å². The summed E-state index contributed by atoms with van der Waals surface area (Å²) in [5, 5.41) is -3.55. The minimum atomic E-state index is -6.83. The molecule has 0 rings (SSSR count). The molecule has 0 spiro atoms. The second-order valence-electron chi connectivity index (χ2n) is 2.21. The van der Waals surface area contributed by atoms with Gasteiger partial charge in [-0.25, -0.2) is 0 Å². The molecule has 0 atom stereocenters. The van der Waals surface area contributed by atoms with E-state index in [1.54, 1.807) is 0 Å². The van der Waals surface area contributed by atoms with Gasteiger partial charge in [-0.05, 0) is 0 Å². The molecule has 0 fully saturated rings. The van der Waals surface area contributed by atoms with Gasteiger partial charge in [-0.15, -0.1) is 0 Å². The van der Waals surface area contributed by atoms with Crippen LogP contribution in [0.2, 0.25) is 0 Å². The van der Waals surface area contributed by atoms with Gasteiger partial charge in [0.2, 0.25) is 0 Å². The molecular weight excluding hydrogens is 249 g/mol. The molecule has 0 aromatic heterocycles. The van der Waals surface area contributed by atoms with Crippen LogP contribution in [0.25, 0.3) is 0 Å². The Morgan fingerprint density at radius 3 is 1.13 bits per heavy atom. The zero-order valence-corrected chi connectivity index (χ0v) is 6.26. The van der Waals surface area contributed by atoms with Crippen molar-refractivity contribution in [2.45, 2.75) is 17.9 Å². The Bertz CT molecular complexity index is 238. The molecule has 0 heterocycles. The van der Waals surface area contributed by atoms with Gasteiger partial charge in [0.1, 0.15) is 0 Å². The third-order valence-electron chi connectivity index (χ3n) is 1.36. The van der Waals surface area contributed by atoms with Gasteiger partial charge in [0.25, 0.3) is 0 Å². The third kappa shape index (κ3) is 1.87. The molecule has 0 saturated carbocycles. The molecular formula is C4F9NO. The van der Waals surface area contributed by atoms with Gasteiger partial charge in [0.15, 0.2) is 0 Å². The SMILES string of the molecule is O=C(F)C(N(F)F)(C(F)(F)F)C(F)(F)F. The highest BCUT2D eigenvalue weighted by Crippen LogP contribution is 2.48. The number of hydrogen-bond donors (Lipinski definition) is 0. The summed E-state index contributed by atoms with van der Waals surface area (Å²) in [6, 6.07) is -4.26. The minimum Gasteiger partial charge on any atom is -0.258 e. The topological polar surface area (TPSA) is 20.3 Å². The molecule has 0 bridgehead atoms. The molecule has 0 aromatic rings. The van der Waals surface area contributed by atoms with E-state index < -0.39 is 29.3 Å². The summed E-state index contributed by atoms with van der Waals surface area (Å²) in [5.41, 5.74) is -6.43. The van der Waals surface area contributed by atoms with Gasteiger partial charge in [-0.3, -0.25) is 4.79 Å². The van der Waals surface area contributed by atoms with Crippen LogP contribution in [0.1, 0.15) is 0 Å². The molecule has 15 heavy (non-hydrogen) atoms. The third-order valence-corrected chi connectivity index (χ3v) is 1.36. The van der Waals surface area contributed by atoms with Crippen LogP contribution in [0, 0.1) is 0 Å². The van der Waals surface area contributed by atoms with E-state index in [2.05, 4.69) is 0 Å². The zero-order chi connectivity index (χ0) is 12.7. The Morgan fingerprint density at radius 1 is 0.867 bits per heavy atom. The van der Waals surface area contributed by atoms with Gasteiger partial charge >= 0.3 is 23.9 Å². The average molecular weight is 249 g/mol. The highest BCUT2D eigenvalue weighted by atomic mass is 19.4. The molecule has 0 amide bonds. The molecule has 0 aliphatic rings. The first-order valence-electron chi connectivity index (χ1n) is 2.84. The van der Waals surface area contributed by atoms with Crippen LogP contribution in [-0.4, -0.2) is 29.3 Å². The van der Waals surface area contributed by atoms with Gasteiger partial charge < -0.3 is 0 Å². The van der Waals surface area contributed by atoms with Crippen molar-refractivity contribution in [3.05, 3.63) is 0 Å². The van der Waals surface area contributed by atoms with Gasteiger partial charge in [-0.1, -0.05) is 8.96 Å². The van der Waals surface area contributed by atoms with Crippen molar-refractivity contribution in [2.24, 2.45) is 0 Å². The maximum atomic E-state index is 11.7. The number of hydrogen-bond acceptors (Lipinski definition) is 2. The van der Waals surface area contributed by atoms with Crippen LogP contribution >= 0.6 is 0 Å². The number of rotatable bonds is 2. The lowest BCUT2D eigenvalue weighted by molar-refractivity contribution is -0.397. The van der Waals surface area contributed by atoms with E-state index in [-0.39, 0.29) is 0 Å². The summed E-state index contributed by atoms with van der Waals surface area (Å²) in [7, 11) is 0. The molecule has 0 saturated heterocycles. The lowest BCUT2D eigenvalue weighted by atomic mass is 10.0. The molecule has 90 valence electrons. The van der Waals surface area contributed by atoms with Crippen molar-refractivity contribution in [1.82, 2.24) is 5.34 Å². The molecule has 0 aliphatic carbocycles. The van der Waals surface area contributed by atoms with Gasteiger partial charge in [0.05, 0.1) is 5.34 Å². The highest BCUT2D eigenvalue weighted by Gasteiger charge is 2.82. The van der Waals surface area contributed by atoms with E-state index in [0.29, 0.717) is 0 Å². The number of nitrogens with zero attached hydrogens (tertiary/aromatic N) is 1. The molecule has 2 nitrogen and oxygen atoms in total. The summed E-state index contributed by atoms with van der Waals surface area (Å²) in [6.07, 6.45) is -13.7. The Labute approximate surface area is 75.1 Å². The van der Waals surface area contributed by atoms with Crippen LogP contribution in [0.5, 0.6) is 0 Å². The summed E-state index contributed by atoms with van der Waals surface area (Å²) in [5.74, 6) is 0. The fourth-order valence-electron chi connectivity index (χ4n) is 0.642. The fourth-order valence-corrected chi connectivity index (χ4v) is 0.642. The van der Waals surface area contributed by atoms with E-state index in [4.69, 9.17) is 0 Å². The normalized spacial score (nSPS) is 14.5. The second kappa shape index (κ2) is 3.54. The minimum absolute atomic E-state index is 3.55. The maximum Gasteiger partial charge on any atom is 0.431 e. The summed E-state index contributed by atoms with van der Waals surface area (Å²) in [4.78, 5) is 9.57. The van der Waals surface area contributed by atoms with E-state index in [0.717, 1.165) is 0 Å². The monoisotopic (exact) mass is 249 g/mol. The van der Waals surface area contributed by atoms with Crippen molar-refractivity contribution in [2.75, 3.05) is 0 Å². The first-order chi connectivity index (χ1) is 6.39.